The first-order valence-corrected chi connectivity index (χ1v) is 6.34. The minimum Gasteiger partial charge on any atom is -0.377 e. The van der Waals surface area contributed by atoms with Crippen molar-refractivity contribution in [3.63, 3.8) is 0 Å². The number of aromatic nitrogens is 1. The molecule has 0 unspecified atom stereocenters. The Balaban J connectivity index is 1.97. The van der Waals surface area contributed by atoms with E-state index >= 15 is 0 Å². The molecule has 1 aromatic rings. The summed E-state index contributed by atoms with van der Waals surface area (Å²) in [4.78, 5) is 17.2. The second kappa shape index (κ2) is 4.59. The molecule has 1 aromatic heterocycles. The van der Waals surface area contributed by atoms with Crippen LogP contribution >= 0.6 is 0 Å². The summed E-state index contributed by atoms with van der Waals surface area (Å²) in [6.07, 6.45) is 3.75. The Labute approximate surface area is 108 Å². The molecule has 0 aromatic carbocycles. The molecule has 0 atom stereocenters. The zero-order valence-corrected chi connectivity index (χ0v) is 11.5. The van der Waals surface area contributed by atoms with E-state index in [0.717, 1.165) is 18.8 Å². The maximum absolute atomic E-state index is 11.1. The van der Waals surface area contributed by atoms with Gasteiger partial charge in [0.25, 0.3) is 0 Å². The molecule has 1 fully saturated rings. The quantitative estimate of drug-likeness (QED) is 0.869. The summed E-state index contributed by atoms with van der Waals surface area (Å²) in [5.41, 5.74) is 2.36. The van der Waals surface area contributed by atoms with Crippen molar-refractivity contribution in [3.05, 3.63) is 24.0 Å². The van der Waals surface area contributed by atoms with Crippen LogP contribution in [0.3, 0.4) is 0 Å². The Kier molecular flexibility index (Phi) is 3.28. The van der Waals surface area contributed by atoms with Crippen LogP contribution in [0.4, 0.5) is 5.69 Å². The lowest BCUT2D eigenvalue weighted by Crippen LogP contribution is -2.56. The van der Waals surface area contributed by atoms with Gasteiger partial charge in [-0.2, -0.15) is 0 Å². The third-order valence-corrected chi connectivity index (χ3v) is 3.30. The van der Waals surface area contributed by atoms with Gasteiger partial charge in [0.15, 0.2) is 0 Å². The van der Waals surface area contributed by atoms with Crippen molar-refractivity contribution < 1.29 is 4.79 Å². The van der Waals surface area contributed by atoms with Gasteiger partial charge in [-0.25, -0.2) is 0 Å². The second-order valence-electron chi connectivity index (χ2n) is 5.98. The number of nitrogens with zero attached hydrogens (tertiary/aromatic N) is 2. The maximum Gasteiger partial charge on any atom is 0.219 e. The molecule has 0 bridgehead atoms. The van der Waals surface area contributed by atoms with Crippen LogP contribution in [0.5, 0.6) is 0 Å². The molecule has 18 heavy (non-hydrogen) atoms. The van der Waals surface area contributed by atoms with E-state index in [-0.39, 0.29) is 11.3 Å². The number of hydrogen-bond donors (Lipinski definition) is 1. The molecular formula is C14H21N3O. The molecule has 0 saturated carbocycles. The molecule has 98 valence electrons. The number of likely N-dealkylation sites (tertiary alicyclic amines) is 1. The Hall–Kier alpha value is -1.58. The Morgan fingerprint density at radius 1 is 1.39 bits per heavy atom. The summed E-state index contributed by atoms with van der Waals surface area (Å²) in [6, 6.07) is 2.49. The SMILES string of the molecule is CC(=O)N1CC(Nc2cncc(C(C)(C)C)c2)C1. The lowest BCUT2D eigenvalue weighted by atomic mass is 9.88. The molecule has 4 nitrogen and oxygen atoms in total. The van der Waals surface area contributed by atoms with Gasteiger partial charge in [-0.15, -0.1) is 0 Å². The smallest absolute Gasteiger partial charge is 0.219 e. The number of pyridine rings is 1. The molecule has 4 heteroatoms. The number of carbonyl (C=O) groups is 1. The topological polar surface area (TPSA) is 45.2 Å². The molecule has 1 aliphatic rings. The van der Waals surface area contributed by atoms with Gasteiger partial charge in [0.2, 0.25) is 5.91 Å². The summed E-state index contributed by atoms with van der Waals surface area (Å²) >= 11 is 0. The van der Waals surface area contributed by atoms with Crippen LogP contribution in [-0.4, -0.2) is 34.9 Å². The zero-order valence-electron chi connectivity index (χ0n) is 11.5. The van der Waals surface area contributed by atoms with Crippen molar-refractivity contribution in [2.75, 3.05) is 18.4 Å². The van der Waals surface area contributed by atoms with Crippen LogP contribution in [0.2, 0.25) is 0 Å². The number of hydrogen-bond acceptors (Lipinski definition) is 3. The van der Waals surface area contributed by atoms with Gasteiger partial charge in [0.05, 0.1) is 11.7 Å². The molecule has 1 saturated heterocycles. The highest BCUT2D eigenvalue weighted by molar-refractivity contribution is 5.74. The number of anilines is 1. The van der Waals surface area contributed by atoms with E-state index in [9.17, 15) is 4.79 Å². The van der Waals surface area contributed by atoms with E-state index in [1.165, 1.54) is 5.56 Å². The fourth-order valence-corrected chi connectivity index (χ4v) is 1.99. The first-order valence-electron chi connectivity index (χ1n) is 6.34. The standard InChI is InChI=1S/C14H21N3O/c1-10(18)17-8-13(9-17)16-12-5-11(6-15-7-12)14(2,3)4/h5-7,13,16H,8-9H2,1-4H3. The lowest BCUT2D eigenvalue weighted by Gasteiger charge is -2.39. The molecule has 2 heterocycles. The zero-order chi connectivity index (χ0) is 13.3. The van der Waals surface area contributed by atoms with E-state index in [1.807, 2.05) is 17.3 Å². The van der Waals surface area contributed by atoms with Gasteiger partial charge < -0.3 is 10.2 Å². The highest BCUT2D eigenvalue weighted by Crippen LogP contribution is 2.24. The number of amides is 1. The second-order valence-corrected chi connectivity index (χ2v) is 5.98. The predicted octanol–water partition coefficient (Wildman–Crippen LogP) is 2.02. The van der Waals surface area contributed by atoms with Gasteiger partial charge in [0.1, 0.15) is 0 Å². The maximum atomic E-state index is 11.1. The van der Waals surface area contributed by atoms with Crippen LogP contribution in [0.25, 0.3) is 0 Å². The molecule has 1 N–H and O–H groups in total. The normalized spacial score (nSPS) is 16.3. The molecule has 0 spiro atoms. The van der Waals surface area contributed by atoms with E-state index in [1.54, 1.807) is 6.92 Å². The van der Waals surface area contributed by atoms with E-state index in [2.05, 4.69) is 37.1 Å². The first-order chi connectivity index (χ1) is 8.36. The van der Waals surface area contributed by atoms with Crippen molar-refractivity contribution in [3.8, 4) is 0 Å². The fourth-order valence-electron chi connectivity index (χ4n) is 1.99. The third kappa shape index (κ3) is 2.81. The van der Waals surface area contributed by atoms with Gasteiger partial charge in [-0.05, 0) is 17.0 Å². The fraction of sp³-hybridized carbons (Fsp3) is 0.571. The summed E-state index contributed by atoms with van der Waals surface area (Å²) < 4.78 is 0. The molecular weight excluding hydrogens is 226 g/mol. The van der Waals surface area contributed by atoms with Crippen molar-refractivity contribution in [1.29, 1.82) is 0 Å². The molecule has 0 radical (unpaired) electrons. The van der Waals surface area contributed by atoms with Crippen LogP contribution in [0.15, 0.2) is 18.5 Å². The summed E-state index contributed by atoms with van der Waals surface area (Å²) in [6.45, 7) is 9.71. The van der Waals surface area contributed by atoms with Crippen molar-refractivity contribution in [1.82, 2.24) is 9.88 Å². The Morgan fingerprint density at radius 2 is 2.06 bits per heavy atom. The molecule has 1 amide bonds. The monoisotopic (exact) mass is 247 g/mol. The minimum absolute atomic E-state index is 0.107. The highest BCUT2D eigenvalue weighted by Gasteiger charge is 2.28. The third-order valence-electron chi connectivity index (χ3n) is 3.30. The van der Waals surface area contributed by atoms with Gasteiger partial charge in [-0.3, -0.25) is 9.78 Å². The number of nitrogens with one attached hydrogen (secondary N) is 1. The molecule has 1 aliphatic heterocycles. The minimum atomic E-state index is 0.107. The van der Waals surface area contributed by atoms with E-state index in [0.29, 0.717) is 6.04 Å². The first kappa shape index (κ1) is 12.9. The van der Waals surface area contributed by atoms with Crippen molar-refractivity contribution >= 4 is 11.6 Å². The summed E-state index contributed by atoms with van der Waals surface area (Å²) in [5, 5.41) is 3.42. The molecule has 2 rings (SSSR count). The average molecular weight is 247 g/mol. The summed E-state index contributed by atoms with van der Waals surface area (Å²) in [5.74, 6) is 0.148. The van der Waals surface area contributed by atoms with Gasteiger partial charge in [-0.1, -0.05) is 20.8 Å². The van der Waals surface area contributed by atoms with E-state index < -0.39 is 0 Å². The van der Waals surface area contributed by atoms with Crippen LogP contribution in [0.1, 0.15) is 33.3 Å². The van der Waals surface area contributed by atoms with Gasteiger partial charge >= 0.3 is 0 Å². The Bertz CT molecular complexity index is 445. The predicted molar refractivity (Wildman–Crippen MR) is 72.6 cm³/mol. The van der Waals surface area contributed by atoms with Crippen molar-refractivity contribution in [2.24, 2.45) is 0 Å². The van der Waals surface area contributed by atoms with E-state index in [4.69, 9.17) is 0 Å². The Morgan fingerprint density at radius 3 is 2.61 bits per heavy atom. The average Bonchev–Trinajstić information content (AvgIpc) is 2.21. The van der Waals surface area contributed by atoms with Crippen LogP contribution in [-0.2, 0) is 10.2 Å². The number of rotatable bonds is 2. The number of carbonyl (C=O) groups excluding carboxylic acids is 1. The van der Waals surface area contributed by atoms with Crippen molar-refractivity contribution in [2.45, 2.75) is 39.2 Å². The van der Waals surface area contributed by atoms with Crippen LogP contribution < -0.4 is 5.32 Å². The molecule has 0 aliphatic carbocycles. The lowest BCUT2D eigenvalue weighted by molar-refractivity contribution is -0.132. The largest absolute Gasteiger partial charge is 0.377 e. The van der Waals surface area contributed by atoms with Crippen LogP contribution in [0, 0.1) is 0 Å². The summed E-state index contributed by atoms with van der Waals surface area (Å²) in [7, 11) is 0. The van der Waals surface area contributed by atoms with Gasteiger partial charge in [0, 0.05) is 32.4 Å². The highest BCUT2D eigenvalue weighted by atomic mass is 16.2.